The minimum atomic E-state index is -0.315. The Hall–Kier alpha value is -1.42. The Morgan fingerprint density at radius 2 is 2.29 bits per heavy atom. The summed E-state index contributed by atoms with van der Waals surface area (Å²) in [5, 5.41) is 11.0. The molecule has 2 fully saturated rings. The van der Waals surface area contributed by atoms with Crippen molar-refractivity contribution in [2.45, 2.75) is 50.0 Å². The number of hydrogen-bond donors (Lipinski definition) is 0. The van der Waals surface area contributed by atoms with Crippen molar-refractivity contribution in [2.75, 3.05) is 13.6 Å². The summed E-state index contributed by atoms with van der Waals surface area (Å²) in [6.07, 6.45) is 7.36. The summed E-state index contributed by atoms with van der Waals surface area (Å²) in [4.78, 5) is 13.2. The van der Waals surface area contributed by atoms with E-state index in [0.29, 0.717) is 6.04 Å². The highest BCUT2D eigenvalue weighted by atomic mass is 16.6. The van der Waals surface area contributed by atoms with E-state index in [4.69, 9.17) is 0 Å². The molecule has 2 bridgehead atoms. The molecule has 4 nitrogen and oxygen atoms in total. The molecule has 1 radical (unpaired) electrons. The van der Waals surface area contributed by atoms with E-state index in [1.54, 1.807) is 6.07 Å². The van der Waals surface area contributed by atoms with Crippen LogP contribution in [0.1, 0.15) is 43.2 Å². The van der Waals surface area contributed by atoms with Gasteiger partial charge in [-0.05, 0) is 62.4 Å². The first kappa shape index (κ1) is 13.3. The van der Waals surface area contributed by atoms with E-state index in [2.05, 4.69) is 18.0 Å². The Bertz CT molecular complexity index is 600. The summed E-state index contributed by atoms with van der Waals surface area (Å²) < 4.78 is 0. The number of piperidine rings is 1. The van der Waals surface area contributed by atoms with Crippen molar-refractivity contribution >= 4 is 5.69 Å². The van der Waals surface area contributed by atoms with Crippen LogP contribution in [-0.2, 0) is 11.8 Å². The lowest BCUT2D eigenvalue weighted by atomic mass is 9.52. The van der Waals surface area contributed by atoms with Crippen LogP contribution in [0.25, 0.3) is 0 Å². The second-order valence-electron chi connectivity index (χ2n) is 7.02. The number of fused-ring (bicyclic) bond motifs is 1. The van der Waals surface area contributed by atoms with Crippen LogP contribution >= 0.6 is 0 Å². The molecule has 1 aromatic carbocycles. The number of likely N-dealkylation sites (N-methyl/N-ethyl adjacent to an activating group) is 1. The molecule has 1 saturated heterocycles. The van der Waals surface area contributed by atoms with Gasteiger partial charge in [-0.3, -0.25) is 10.1 Å². The van der Waals surface area contributed by atoms with Crippen molar-refractivity contribution in [3.8, 4) is 0 Å². The first-order chi connectivity index (χ1) is 10.1. The minimum absolute atomic E-state index is 0.125. The third-order valence-electron chi connectivity index (χ3n) is 6.22. The number of nitro benzene ring substituents is 1. The summed E-state index contributed by atoms with van der Waals surface area (Å²) in [6, 6.07) is 7.23. The van der Waals surface area contributed by atoms with Gasteiger partial charge in [0.15, 0.2) is 0 Å². The predicted octanol–water partition coefficient (Wildman–Crippen LogP) is 3.08. The minimum Gasteiger partial charge on any atom is -0.303 e. The van der Waals surface area contributed by atoms with Crippen molar-refractivity contribution in [2.24, 2.45) is 5.92 Å². The maximum absolute atomic E-state index is 11.0. The third-order valence-corrected chi connectivity index (χ3v) is 6.22. The molecule has 0 aromatic heterocycles. The van der Waals surface area contributed by atoms with Crippen LogP contribution < -0.4 is 0 Å². The second kappa shape index (κ2) is 4.54. The van der Waals surface area contributed by atoms with Gasteiger partial charge in [-0.1, -0.05) is 12.8 Å². The van der Waals surface area contributed by atoms with Crippen molar-refractivity contribution < 1.29 is 4.92 Å². The average Bonchev–Trinajstić information content (AvgIpc) is 2.50. The molecular weight excluding hydrogens is 264 g/mol. The van der Waals surface area contributed by atoms with Gasteiger partial charge >= 0.3 is 0 Å². The average molecular weight is 285 g/mol. The molecule has 3 atom stereocenters. The smallest absolute Gasteiger partial charge is 0.277 e. The SMILES string of the molecule is CN1CC[C@]23CCCC[C@H]2[C@H]1Cc1cc([N+](=O)[O-])[c]cc13. The molecule has 0 unspecified atom stereocenters. The third kappa shape index (κ3) is 1.78. The van der Waals surface area contributed by atoms with Crippen molar-refractivity contribution in [3.05, 3.63) is 39.4 Å². The fraction of sp³-hybridized carbons (Fsp3) is 0.647. The van der Waals surface area contributed by atoms with Crippen LogP contribution in [0.4, 0.5) is 5.69 Å². The molecule has 21 heavy (non-hydrogen) atoms. The Labute approximate surface area is 125 Å². The number of hydrogen-bond acceptors (Lipinski definition) is 3. The summed E-state index contributed by atoms with van der Waals surface area (Å²) in [6.45, 7) is 1.15. The molecule has 111 valence electrons. The number of likely N-dealkylation sites (tertiary alicyclic amines) is 1. The zero-order chi connectivity index (χ0) is 14.6. The highest BCUT2D eigenvalue weighted by Gasteiger charge is 2.53. The van der Waals surface area contributed by atoms with Gasteiger partial charge in [0.2, 0.25) is 0 Å². The van der Waals surface area contributed by atoms with Gasteiger partial charge in [-0.2, -0.15) is 0 Å². The van der Waals surface area contributed by atoms with Gasteiger partial charge < -0.3 is 4.90 Å². The molecule has 0 amide bonds. The largest absolute Gasteiger partial charge is 0.303 e. The molecule has 0 spiro atoms. The fourth-order valence-corrected chi connectivity index (χ4v) is 5.24. The molecule has 4 rings (SSSR count). The number of nitro groups is 1. The van der Waals surface area contributed by atoms with Crippen molar-refractivity contribution in [1.29, 1.82) is 0 Å². The first-order valence-corrected chi connectivity index (χ1v) is 8.01. The Morgan fingerprint density at radius 1 is 1.43 bits per heavy atom. The Kier molecular flexibility index (Phi) is 2.86. The van der Waals surface area contributed by atoms with Crippen LogP contribution in [0, 0.1) is 22.1 Å². The summed E-state index contributed by atoms with van der Waals surface area (Å²) in [5.74, 6) is 0.729. The standard InChI is InChI=1S/C17H21N2O2/c1-18-9-8-17-7-3-2-4-15(17)16(18)11-12-10-13(19(20)21)5-6-14(12)17/h6,10,15-16H,2-4,7-9,11H2,1H3/t15-,16+,17-/m0/s1. The Morgan fingerprint density at radius 3 is 3.10 bits per heavy atom. The van der Waals surface area contributed by atoms with Gasteiger partial charge in [-0.25, -0.2) is 0 Å². The highest BCUT2D eigenvalue weighted by Crippen LogP contribution is 2.55. The summed E-state index contributed by atoms with van der Waals surface area (Å²) >= 11 is 0. The lowest BCUT2D eigenvalue weighted by molar-refractivity contribution is -0.385. The van der Waals surface area contributed by atoms with Crippen LogP contribution in [-0.4, -0.2) is 29.5 Å². The first-order valence-electron chi connectivity index (χ1n) is 8.01. The van der Waals surface area contributed by atoms with Crippen LogP contribution in [0.15, 0.2) is 12.1 Å². The van der Waals surface area contributed by atoms with E-state index < -0.39 is 0 Å². The zero-order valence-corrected chi connectivity index (χ0v) is 12.5. The lowest BCUT2D eigenvalue weighted by Crippen LogP contribution is -2.59. The summed E-state index contributed by atoms with van der Waals surface area (Å²) in [5.41, 5.74) is 2.98. The molecular formula is C17H21N2O2. The van der Waals surface area contributed by atoms with Crippen molar-refractivity contribution in [1.82, 2.24) is 4.90 Å². The normalized spacial score (nSPS) is 34.9. The monoisotopic (exact) mass is 285 g/mol. The number of rotatable bonds is 1. The second-order valence-corrected chi connectivity index (χ2v) is 7.02. The fourth-order valence-electron chi connectivity index (χ4n) is 5.24. The molecule has 2 aliphatic carbocycles. The predicted molar refractivity (Wildman–Crippen MR) is 80.3 cm³/mol. The highest BCUT2D eigenvalue weighted by molar-refractivity contribution is 5.47. The van der Waals surface area contributed by atoms with Gasteiger partial charge in [0, 0.05) is 17.5 Å². The molecule has 1 saturated carbocycles. The topological polar surface area (TPSA) is 46.4 Å². The number of nitrogens with zero attached hydrogens (tertiary/aromatic N) is 2. The van der Waals surface area contributed by atoms with E-state index in [1.807, 2.05) is 6.07 Å². The van der Waals surface area contributed by atoms with Crippen molar-refractivity contribution in [3.63, 3.8) is 0 Å². The Balaban J connectivity index is 1.87. The molecule has 4 heteroatoms. The van der Waals surface area contributed by atoms with E-state index in [-0.39, 0.29) is 16.0 Å². The van der Waals surface area contributed by atoms with Crippen LogP contribution in [0.2, 0.25) is 0 Å². The van der Waals surface area contributed by atoms with E-state index in [0.717, 1.165) is 18.9 Å². The van der Waals surface area contributed by atoms with Crippen LogP contribution in [0.5, 0.6) is 0 Å². The van der Waals surface area contributed by atoms with Gasteiger partial charge in [0.25, 0.3) is 5.69 Å². The van der Waals surface area contributed by atoms with Gasteiger partial charge in [0.1, 0.15) is 0 Å². The maximum atomic E-state index is 11.0. The van der Waals surface area contributed by atoms with Crippen LogP contribution in [0.3, 0.4) is 0 Å². The van der Waals surface area contributed by atoms with E-state index >= 15 is 0 Å². The molecule has 0 N–H and O–H groups in total. The van der Waals surface area contributed by atoms with E-state index in [1.165, 1.54) is 43.2 Å². The maximum Gasteiger partial charge on any atom is 0.277 e. The number of benzene rings is 1. The van der Waals surface area contributed by atoms with Gasteiger partial charge in [0.05, 0.1) is 11.0 Å². The van der Waals surface area contributed by atoms with E-state index in [9.17, 15) is 10.1 Å². The quantitative estimate of drug-likeness (QED) is 0.588. The summed E-state index contributed by atoms with van der Waals surface area (Å²) in [7, 11) is 2.22. The number of non-ortho nitro benzene ring substituents is 1. The molecule has 3 aliphatic rings. The lowest BCUT2D eigenvalue weighted by Gasteiger charge is -2.58. The zero-order valence-electron chi connectivity index (χ0n) is 12.5. The molecule has 1 aromatic rings. The molecule has 1 aliphatic heterocycles. The molecule has 1 heterocycles. The van der Waals surface area contributed by atoms with Gasteiger partial charge in [-0.15, -0.1) is 0 Å².